The topological polar surface area (TPSA) is 12.0 Å². The van der Waals surface area contributed by atoms with Gasteiger partial charge in [-0.25, -0.2) is 0 Å². The Kier molecular flexibility index (Phi) is 7.71. The van der Waals surface area contributed by atoms with E-state index in [4.69, 9.17) is 0 Å². The van der Waals surface area contributed by atoms with E-state index in [0.717, 1.165) is 19.4 Å². The minimum atomic E-state index is 1.04. The van der Waals surface area contributed by atoms with Crippen molar-refractivity contribution in [3.05, 3.63) is 36.5 Å². The molecule has 0 unspecified atom stereocenters. The largest absolute Gasteiger partial charge is 0.319 e. The van der Waals surface area contributed by atoms with Crippen molar-refractivity contribution in [2.75, 3.05) is 13.6 Å². The molecule has 0 fully saturated rings. The maximum absolute atomic E-state index is 3.73. The summed E-state index contributed by atoms with van der Waals surface area (Å²) in [5, 5.41) is 3.09. The Morgan fingerprint density at radius 2 is 2.25 bits per heavy atom. The first-order chi connectivity index (χ1) is 5.85. The maximum Gasteiger partial charge on any atom is -0.00172 e. The van der Waals surface area contributed by atoms with Gasteiger partial charge in [0.1, 0.15) is 0 Å². The summed E-state index contributed by atoms with van der Waals surface area (Å²) in [6, 6.07) is 0. The lowest BCUT2D eigenvalue weighted by Crippen LogP contribution is -2.05. The van der Waals surface area contributed by atoms with E-state index >= 15 is 0 Å². The second-order valence-electron chi connectivity index (χ2n) is 2.62. The summed E-state index contributed by atoms with van der Waals surface area (Å²) in [5.41, 5.74) is 1.29. The van der Waals surface area contributed by atoms with Crippen molar-refractivity contribution in [3.8, 4) is 0 Å². The lowest BCUT2D eigenvalue weighted by atomic mass is 10.2. The van der Waals surface area contributed by atoms with Crippen molar-refractivity contribution in [1.29, 1.82) is 0 Å². The molecule has 0 saturated carbocycles. The van der Waals surface area contributed by atoms with Crippen LogP contribution in [0, 0.1) is 0 Å². The zero-order valence-corrected chi connectivity index (χ0v) is 8.14. The first kappa shape index (κ1) is 11.2. The van der Waals surface area contributed by atoms with Gasteiger partial charge in [0, 0.05) is 0 Å². The third-order valence-corrected chi connectivity index (χ3v) is 1.68. The van der Waals surface area contributed by atoms with E-state index in [1.165, 1.54) is 5.57 Å². The van der Waals surface area contributed by atoms with E-state index < -0.39 is 0 Å². The van der Waals surface area contributed by atoms with Gasteiger partial charge in [-0.05, 0) is 32.0 Å². The quantitative estimate of drug-likeness (QED) is 0.471. The fourth-order valence-electron chi connectivity index (χ4n) is 0.846. The van der Waals surface area contributed by atoms with Crippen LogP contribution in [-0.2, 0) is 0 Å². The molecule has 0 aromatic carbocycles. The van der Waals surface area contributed by atoms with Gasteiger partial charge in [-0.1, -0.05) is 37.8 Å². The lowest BCUT2D eigenvalue weighted by molar-refractivity contribution is 0.808. The van der Waals surface area contributed by atoms with Gasteiger partial charge >= 0.3 is 0 Å². The third-order valence-electron chi connectivity index (χ3n) is 1.68. The van der Waals surface area contributed by atoms with Crippen molar-refractivity contribution < 1.29 is 0 Å². The molecule has 1 heteroatoms. The standard InChI is InChI=1S/C11H19N/c1-4-11(5-2)9-7-6-8-10-12-3/h4,6-7,9,12H,1,5,8,10H2,2-3H3/b7-6-,11-9+. The van der Waals surface area contributed by atoms with Crippen molar-refractivity contribution in [1.82, 2.24) is 5.32 Å². The van der Waals surface area contributed by atoms with Crippen LogP contribution in [0.25, 0.3) is 0 Å². The molecule has 0 rings (SSSR count). The zero-order chi connectivity index (χ0) is 9.23. The molecule has 0 bridgehead atoms. The number of hydrogen-bond acceptors (Lipinski definition) is 1. The minimum Gasteiger partial charge on any atom is -0.319 e. The average Bonchev–Trinajstić information content (AvgIpc) is 2.11. The Balaban J connectivity index is 3.68. The van der Waals surface area contributed by atoms with E-state index in [9.17, 15) is 0 Å². The molecule has 0 aromatic rings. The average molecular weight is 165 g/mol. The number of rotatable bonds is 6. The van der Waals surface area contributed by atoms with Crippen LogP contribution < -0.4 is 5.32 Å². The molecule has 0 radical (unpaired) electrons. The molecule has 1 N–H and O–H groups in total. The molecule has 0 aliphatic carbocycles. The fraction of sp³-hybridized carbons (Fsp3) is 0.455. The maximum atomic E-state index is 3.73. The van der Waals surface area contributed by atoms with Crippen LogP contribution in [0.4, 0.5) is 0 Å². The molecule has 0 heterocycles. The summed E-state index contributed by atoms with van der Waals surface area (Å²) < 4.78 is 0. The van der Waals surface area contributed by atoms with Gasteiger partial charge in [-0.2, -0.15) is 0 Å². The van der Waals surface area contributed by atoms with Crippen LogP contribution in [0.2, 0.25) is 0 Å². The van der Waals surface area contributed by atoms with Crippen LogP contribution in [0.1, 0.15) is 19.8 Å². The Morgan fingerprint density at radius 1 is 1.50 bits per heavy atom. The SMILES string of the molecule is C=C/C(=C\C=C/CCNC)CC. The van der Waals surface area contributed by atoms with Crippen molar-refractivity contribution in [3.63, 3.8) is 0 Å². The molecule has 0 aliphatic heterocycles. The Morgan fingerprint density at radius 3 is 2.75 bits per heavy atom. The molecule has 0 spiro atoms. The second kappa shape index (κ2) is 8.28. The summed E-state index contributed by atoms with van der Waals surface area (Å²) >= 11 is 0. The molecule has 0 aromatic heterocycles. The Labute approximate surface area is 75.9 Å². The van der Waals surface area contributed by atoms with Crippen LogP contribution >= 0.6 is 0 Å². The van der Waals surface area contributed by atoms with Gasteiger partial charge < -0.3 is 5.32 Å². The zero-order valence-electron chi connectivity index (χ0n) is 8.14. The minimum absolute atomic E-state index is 1.04. The number of nitrogens with one attached hydrogen (secondary N) is 1. The van der Waals surface area contributed by atoms with Gasteiger partial charge in [-0.3, -0.25) is 0 Å². The number of hydrogen-bond donors (Lipinski definition) is 1. The summed E-state index contributed by atoms with van der Waals surface area (Å²) in [5.74, 6) is 0. The summed E-state index contributed by atoms with van der Waals surface area (Å²) in [6.45, 7) is 6.91. The van der Waals surface area contributed by atoms with Crippen molar-refractivity contribution in [2.45, 2.75) is 19.8 Å². The molecule has 0 aliphatic rings. The summed E-state index contributed by atoms with van der Waals surface area (Å²) in [6.07, 6.45) is 10.4. The molecule has 68 valence electrons. The van der Waals surface area contributed by atoms with Gasteiger partial charge in [0.05, 0.1) is 0 Å². The van der Waals surface area contributed by atoms with Crippen LogP contribution in [-0.4, -0.2) is 13.6 Å². The van der Waals surface area contributed by atoms with Crippen LogP contribution in [0.5, 0.6) is 0 Å². The van der Waals surface area contributed by atoms with E-state index in [-0.39, 0.29) is 0 Å². The van der Waals surface area contributed by atoms with E-state index in [1.807, 2.05) is 13.1 Å². The fourth-order valence-corrected chi connectivity index (χ4v) is 0.846. The highest BCUT2D eigenvalue weighted by atomic mass is 14.8. The molecule has 0 amide bonds. The molecular weight excluding hydrogens is 146 g/mol. The van der Waals surface area contributed by atoms with Crippen LogP contribution in [0.15, 0.2) is 36.5 Å². The van der Waals surface area contributed by atoms with E-state index in [1.54, 1.807) is 0 Å². The molecular formula is C11H19N. The first-order valence-electron chi connectivity index (χ1n) is 4.47. The predicted octanol–water partition coefficient (Wildman–Crippen LogP) is 2.67. The molecule has 0 saturated heterocycles. The Bertz CT molecular complexity index is 166. The lowest BCUT2D eigenvalue weighted by Gasteiger charge is -1.92. The van der Waals surface area contributed by atoms with Crippen LogP contribution in [0.3, 0.4) is 0 Å². The summed E-state index contributed by atoms with van der Waals surface area (Å²) in [4.78, 5) is 0. The molecule has 1 nitrogen and oxygen atoms in total. The van der Waals surface area contributed by atoms with Crippen molar-refractivity contribution >= 4 is 0 Å². The highest BCUT2D eigenvalue weighted by Gasteiger charge is 1.81. The molecule has 12 heavy (non-hydrogen) atoms. The van der Waals surface area contributed by atoms with E-state index in [0.29, 0.717) is 0 Å². The molecule has 0 atom stereocenters. The third kappa shape index (κ3) is 5.93. The van der Waals surface area contributed by atoms with Gasteiger partial charge in [0.25, 0.3) is 0 Å². The first-order valence-corrected chi connectivity index (χ1v) is 4.47. The highest BCUT2D eigenvalue weighted by molar-refractivity contribution is 5.21. The Hall–Kier alpha value is -0.820. The van der Waals surface area contributed by atoms with Gasteiger partial charge in [0.2, 0.25) is 0 Å². The normalized spacial score (nSPS) is 12.3. The van der Waals surface area contributed by atoms with E-state index in [2.05, 4.69) is 37.0 Å². The van der Waals surface area contributed by atoms with Gasteiger partial charge in [0.15, 0.2) is 0 Å². The smallest absolute Gasteiger partial charge is 0.00172 e. The highest BCUT2D eigenvalue weighted by Crippen LogP contribution is 2.00. The number of allylic oxidation sites excluding steroid dienone is 4. The monoisotopic (exact) mass is 165 g/mol. The second-order valence-corrected chi connectivity index (χ2v) is 2.62. The predicted molar refractivity (Wildman–Crippen MR) is 56.3 cm³/mol. The summed E-state index contributed by atoms with van der Waals surface area (Å²) in [7, 11) is 1.96. The van der Waals surface area contributed by atoms with Crippen molar-refractivity contribution in [2.24, 2.45) is 0 Å². The van der Waals surface area contributed by atoms with Gasteiger partial charge in [-0.15, -0.1) is 0 Å².